The van der Waals surface area contributed by atoms with Gasteiger partial charge in [0.25, 0.3) is 0 Å². The Hall–Kier alpha value is -4.30. The van der Waals surface area contributed by atoms with E-state index in [1.54, 1.807) is 24.3 Å². The maximum absolute atomic E-state index is 12.6. The fraction of sp³-hybridized carbons (Fsp3) is 0.111. The van der Waals surface area contributed by atoms with Gasteiger partial charge in [-0.2, -0.15) is 5.26 Å². The molecule has 0 fully saturated rings. The van der Waals surface area contributed by atoms with Crippen LogP contribution in [0.5, 0.6) is 11.5 Å². The van der Waals surface area contributed by atoms with E-state index in [1.165, 1.54) is 0 Å². The molecule has 0 spiro atoms. The molecule has 0 bridgehead atoms. The Labute approximate surface area is 186 Å². The molecule has 158 valence electrons. The molecule has 5 heteroatoms. The first-order chi connectivity index (χ1) is 15.6. The van der Waals surface area contributed by atoms with E-state index in [2.05, 4.69) is 5.32 Å². The Morgan fingerprint density at radius 2 is 1.56 bits per heavy atom. The molecule has 0 aliphatic heterocycles. The van der Waals surface area contributed by atoms with Crippen LogP contribution >= 0.6 is 0 Å². The van der Waals surface area contributed by atoms with Crippen LogP contribution in [0.25, 0.3) is 10.8 Å². The number of nitrogens with zero attached hydrogens (tertiary/aromatic N) is 1. The van der Waals surface area contributed by atoms with Gasteiger partial charge in [0, 0.05) is 5.56 Å². The summed E-state index contributed by atoms with van der Waals surface area (Å²) in [5, 5.41) is 14.6. The van der Waals surface area contributed by atoms with Crippen LogP contribution in [0.15, 0.2) is 97.1 Å². The van der Waals surface area contributed by atoms with Gasteiger partial charge in [-0.25, -0.2) is 4.79 Å². The summed E-state index contributed by atoms with van der Waals surface area (Å²) >= 11 is 0. The van der Waals surface area contributed by atoms with Crippen molar-refractivity contribution < 1.29 is 14.3 Å². The van der Waals surface area contributed by atoms with Crippen LogP contribution in [-0.4, -0.2) is 6.09 Å². The van der Waals surface area contributed by atoms with Crippen LogP contribution in [0.3, 0.4) is 0 Å². The van der Waals surface area contributed by atoms with Crippen molar-refractivity contribution in [1.82, 2.24) is 5.32 Å². The largest absolute Gasteiger partial charge is 0.457 e. The van der Waals surface area contributed by atoms with E-state index >= 15 is 0 Å². The van der Waals surface area contributed by atoms with Gasteiger partial charge in [0.1, 0.15) is 17.6 Å². The lowest BCUT2D eigenvalue weighted by atomic mass is 10.00. The summed E-state index contributed by atoms with van der Waals surface area (Å²) in [4.78, 5) is 12.6. The van der Waals surface area contributed by atoms with Gasteiger partial charge < -0.3 is 14.8 Å². The van der Waals surface area contributed by atoms with E-state index in [4.69, 9.17) is 9.47 Å². The molecular formula is C27H22N2O3. The average Bonchev–Trinajstić information content (AvgIpc) is 2.83. The molecule has 1 N–H and O–H groups in total. The van der Waals surface area contributed by atoms with Crippen molar-refractivity contribution in [3.8, 4) is 17.6 Å². The smallest absolute Gasteiger partial charge is 0.409 e. The normalized spacial score (nSPS) is 12.4. The zero-order chi connectivity index (χ0) is 22.3. The van der Waals surface area contributed by atoms with E-state index in [0.29, 0.717) is 17.1 Å². The Kier molecular flexibility index (Phi) is 6.33. The lowest BCUT2D eigenvalue weighted by molar-refractivity contribution is 0.120. The third kappa shape index (κ3) is 4.88. The minimum atomic E-state index is -1.06. The van der Waals surface area contributed by atoms with E-state index in [0.717, 1.165) is 16.3 Å². The van der Waals surface area contributed by atoms with Gasteiger partial charge in [0.2, 0.25) is 6.10 Å². The fourth-order valence-electron chi connectivity index (χ4n) is 3.56. The van der Waals surface area contributed by atoms with Crippen LogP contribution in [0.1, 0.15) is 30.2 Å². The molecular weight excluding hydrogens is 400 g/mol. The third-order valence-corrected chi connectivity index (χ3v) is 5.11. The number of nitrogens with one attached hydrogen (secondary N) is 1. The van der Waals surface area contributed by atoms with Crippen molar-refractivity contribution >= 4 is 16.9 Å². The van der Waals surface area contributed by atoms with Crippen molar-refractivity contribution in [2.45, 2.75) is 19.1 Å². The quantitative estimate of drug-likeness (QED) is 0.376. The Bertz CT molecular complexity index is 1260. The minimum Gasteiger partial charge on any atom is -0.457 e. The summed E-state index contributed by atoms with van der Waals surface area (Å²) < 4.78 is 11.2. The molecule has 2 atom stereocenters. The second-order valence-corrected chi connectivity index (χ2v) is 7.34. The van der Waals surface area contributed by atoms with Crippen LogP contribution in [0.4, 0.5) is 4.79 Å². The molecule has 5 nitrogen and oxygen atoms in total. The predicted molar refractivity (Wildman–Crippen MR) is 123 cm³/mol. The standard InChI is InChI=1S/C27H22N2O3/c1-19(24-16-8-10-20-9-5-6-15-25(20)24)29-27(30)32-26(18-28)21-11-7-14-23(17-21)31-22-12-3-2-4-13-22/h2-17,19,26H,1H3,(H,29,30)/t19-,26+/m1/s1. The zero-order valence-corrected chi connectivity index (χ0v) is 17.6. The molecule has 4 aromatic carbocycles. The molecule has 0 heterocycles. The molecule has 0 unspecified atom stereocenters. The number of carbonyl (C=O) groups excluding carboxylic acids is 1. The van der Waals surface area contributed by atoms with E-state index < -0.39 is 12.2 Å². The average molecular weight is 422 g/mol. The Morgan fingerprint density at radius 3 is 2.38 bits per heavy atom. The van der Waals surface area contributed by atoms with E-state index in [-0.39, 0.29) is 6.04 Å². The first-order valence-corrected chi connectivity index (χ1v) is 10.3. The van der Waals surface area contributed by atoms with Crippen molar-refractivity contribution in [1.29, 1.82) is 5.26 Å². The van der Waals surface area contributed by atoms with Gasteiger partial charge in [0.05, 0.1) is 6.04 Å². The van der Waals surface area contributed by atoms with Gasteiger partial charge in [-0.3, -0.25) is 0 Å². The number of fused-ring (bicyclic) bond motifs is 1. The number of hydrogen-bond donors (Lipinski definition) is 1. The highest BCUT2D eigenvalue weighted by atomic mass is 16.6. The second-order valence-electron chi connectivity index (χ2n) is 7.34. The number of alkyl carbamates (subject to hydrolysis) is 1. The van der Waals surface area contributed by atoms with Crippen LogP contribution in [0, 0.1) is 11.3 Å². The summed E-state index contributed by atoms with van der Waals surface area (Å²) in [5.41, 5.74) is 1.51. The molecule has 4 aromatic rings. The van der Waals surface area contributed by atoms with Gasteiger partial charge in [-0.05, 0) is 47.5 Å². The first kappa shape index (κ1) is 21.0. The summed E-state index contributed by atoms with van der Waals surface area (Å²) in [5.74, 6) is 1.24. The van der Waals surface area contributed by atoms with E-state index in [9.17, 15) is 10.1 Å². The molecule has 0 saturated heterocycles. The topological polar surface area (TPSA) is 71.3 Å². The van der Waals surface area contributed by atoms with Crippen molar-refractivity contribution in [3.05, 3.63) is 108 Å². The SMILES string of the molecule is C[C@@H](NC(=O)O[C@@H](C#N)c1cccc(Oc2ccccc2)c1)c1cccc2ccccc12. The molecule has 0 aliphatic rings. The highest BCUT2D eigenvalue weighted by Crippen LogP contribution is 2.27. The Morgan fingerprint density at radius 1 is 0.875 bits per heavy atom. The second kappa shape index (κ2) is 9.67. The molecule has 0 aliphatic carbocycles. The number of para-hydroxylation sites is 1. The number of carbonyl (C=O) groups is 1. The van der Waals surface area contributed by atoms with Gasteiger partial charge in [0.15, 0.2) is 0 Å². The van der Waals surface area contributed by atoms with Crippen LogP contribution < -0.4 is 10.1 Å². The number of nitriles is 1. The number of hydrogen-bond acceptors (Lipinski definition) is 4. The predicted octanol–water partition coefficient (Wildman–Crippen LogP) is 6.68. The summed E-state index contributed by atoms with van der Waals surface area (Å²) in [6.07, 6.45) is -1.72. The lowest BCUT2D eigenvalue weighted by Gasteiger charge is -2.18. The lowest BCUT2D eigenvalue weighted by Crippen LogP contribution is -2.28. The molecule has 1 amide bonds. The molecule has 4 rings (SSSR count). The monoisotopic (exact) mass is 422 g/mol. The molecule has 0 radical (unpaired) electrons. The van der Waals surface area contributed by atoms with E-state index in [1.807, 2.05) is 85.8 Å². The molecule has 0 saturated carbocycles. The number of benzene rings is 4. The van der Waals surface area contributed by atoms with Crippen molar-refractivity contribution in [2.24, 2.45) is 0 Å². The maximum Gasteiger partial charge on any atom is 0.409 e. The minimum absolute atomic E-state index is 0.291. The van der Waals surface area contributed by atoms with Gasteiger partial charge in [-0.15, -0.1) is 0 Å². The van der Waals surface area contributed by atoms with Gasteiger partial charge >= 0.3 is 6.09 Å². The summed E-state index contributed by atoms with van der Waals surface area (Å²) in [6.45, 7) is 1.89. The van der Waals surface area contributed by atoms with Crippen LogP contribution in [-0.2, 0) is 4.74 Å². The Balaban J connectivity index is 1.45. The summed E-state index contributed by atoms with van der Waals surface area (Å²) in [7, 11) is 0. The number of ether oxygens (including phenoxy) is 2. The first-order valence-electron chi connectivity index (χ1n) is 10.3. The highest BCUT2D eigenvalue weighted by Gasteiger charge is 2.19. The molecule has 32 heavy (non-hydrogen) atoms. The maximum atomic E-state index is 12.6. The zero-order valence-electron chi connectivity index (χ0n) is 17.6. The van der Waals surface area contributed by atoms with Crippen molar-refractivity contribution in [2.75, 3.05) is 0 Å². The van der Waals surface area contributed by atoms with Crippen molar-refractivity contribution in [3.63, 3.8) is 0 Å². The van der Waals surface area contributed by atoms with Crippen LogP contribution in [0.2, 0.25) is 0 Å². The molecule has 0 aromatic heterocycles. The third-order valence-electron chi connectivity index (χ3n) is 5.11. The highest BCUT2D eigenvalue weighted by molar-refractivity contribution is 5.86. The van der Waals surface area contributed by atoms with Gasteiger partial charge in [-0.1, -0.05) is 72.8 Å². The summed E-state index contributed by atoms with van der Waals surface area (Å²) in [6, 6.07) is 32.0. The number of amides is 1. The number of rotatable bonds is 6. The fourth-order valence-corrected chi connectivity index (χ4v) is 3.56.